The fourth-order valence-electron chi connectivity index (χ4n) is 0.682. The molecule has 4 heteroatoms. The first kappa shape index (κ1) is 8.74. The quantitative estimate of drug-likeness (QED) is 0.408. The maximum atomic E-state index is 9.93. The number of hydrogen-bond donors (Lipinski definition) is 0. The van der Waals surface area contributed by atoms with Gasteiger partial charge in [0.2, 0.25) is 0 Å². The van der Waals surface area contributed by atoms with Gasteiger partial charge in [0.1, 0.15) is 16.6 Å². The van der Waals surface area contributed by atoms with Crippen LogP contribution < -0.4 is 0 Å². The van der Waals surface area contributed by atoms with Crippen LogP contribution in [0.15, 0.2) is 24.8 Å². The second-order valence-electron chi connectivity index (χ2n) is 1.98. The second-order valence-corrected chi connectivity index (χ2v) is 2.37. The van der Waals surface area contributed by atoms with Gasteiger partial charge < -0.3 is 4.74 Å². The van der Waals surface area contributed by atoms with Crippen LogP contribution >= 0.6 is 11.6 Å². The van der Waals surface area contributed by atoms with Gasteiger partial charge in [0, 0.05) is 0 Å². The van der Waals surface area contributed by atoms with Gasteiger partial charge in [0.25, 0.3) is 6.47 Å². The number of carbonyl (C=O) groups is 1. The van der Waals surface area contributed by atoms with Crippen LogP contribution in [0.25, 0.3) is 5.76 Å². The standard InChI is InChI=1S/C8H6ClNO2/c1-6(12-5-11)7-3-2-4-8(9)10-7/h2-5H,1H2. The molecule has 0 aliphatic rings. The van der Waals surface area contributed by atoms with Gasteiger partial charge in [-0.15, -0.1) is 0 Å². The van der Waals surface area contributed by atoms with Crippen LogP contribution in [0.3, 0.4) is 0 Å². The van der Waals surface area contributed by atoms with Gasteiger partial charge in [-0.1, -0.05) is 24.2 Å². The Kier molecular flexibility index (Phi) is 2.82. The van der Waals surface area contributed by atoms with E-state index in [1.54, 1.807) is 18.2 Å². The SMILES string of the molecule is C=C(OC=O)c1cccc(Cl)n1. The van der Waals surface area contributed by atoms with Gasteiger partial charge in [0.15, 0.2) is 0 Å². The minimum Gasteiger partial charge on any atom is -0.427 e. The highest BCUT2D eigenvalue weighted by molar-refractivity contribution is 6.29. The summed E-state index contributed by atoms with van der Waals surface area (Å²) in [6.45, 7) is 3.78. The highest BCUT2D eigenvalue weighted by Crippen LogP contribution is 2.12. The molecule has 0 unspecified atom stereocenters. The van der Waals surface area contributed by atoms with Crippen molar-refractivity contribution in [1.82, 2.24) is 4.98 Å². The number of rotatable bonds is 3. The van der Waals surface area contributed by atoms with E-state index in [0.29, 0.717) is 17.3 Å². The zero-order chi connectivity index (χ0) is 8.97. The molecule has 0 saturated carbocycles. The topological polar surface area (TPSA) is 39.2 Å². The van der Waals surface area contributed by atoms with Crippen LogP contribution in [0.1, 0.15) is 5.69 Å². The van der Waals surface area contributed by atoms with Crippen molar-refractivity contribution in [2.24, 2.45) is 0 Å². The number of carbonyl (C=O) groups excluding carboxylic acids is 1. The van der Waals surface area contributed by atoms with Gasteiger partial charge in [-0.05, 0) is 12.1 Å². The first-order valence-corrected chi connectivity index (χ1v) is 3.54. The molecule has 1 rings (SSSR count). The Morgan fingerprint density at radius 1 is 1.67 bits per heavy atom. The Bertz CT molecular complexity index is 312. The summed E-state index contributed by atoms with van der Waals surface area (Å²) in [6, 6.07) is 4.97. The van der Waals surface area contributed by atoms with Crippen LogP contribution in [0.5, 0.6) is 0 Å². The molecule has 0 saturated heterocycles. The highest BCUT2D eigenvalue weighted by atomic mass is 35.5. The van der Waals surface area contributed by atoms with Crippen molar-refractivity contribution in [3.63, 3.8) is 0 Å². The molecule has 0 bridgehead atoms. The molecule has 62 valence electrons. The van der Waals surface area contributed by atoms with Crippen molar-refractivity contribution in [3.8, 4) is 0 Å². The van der Waals surface area contributed by atoms with E-state index < -0.39 is 0 Å². The van der Waals surface area contributed by atoms with E-state index in [2.05, 4.69) is 16.3 Å². The first-order valence-electron chi connectivity index (χ1n) is 3.16. The Morgan fingerprint density at radius 3 is 3.00 bits per heavy atom. The number of hydrogen-bond acceptors (Lipinski definition) is 3. The zero-order valence-electron chi connectivity index (χ0n) is 6.16. The third kappa shape index (κ3) is 2.07. The number of aromatic nitrogens is 1. The van der Waals surface area contributed by atoms with Crippen LogP contribution in [0.2, 0.25) is 5.15 Å². The van der Waals surface area contributed by atoms with Crippen molar-refractivity contribution >= 4 is 23.8 Å². The largest absolute Gasteiger partial charge is 0.427 e. The first-order chi connectivity index (χ1) is 5.74. The predicted molar refractivity (Wildman–Crippen MR) is 45.4 cm³/mol. The van der Waals surface area contributed by atoms with E-state index in [1.807, 2.05) is 0 Å². The normalized spacial score (nSPS) is 9.08. The Balaban J connectivity index is 2.87. The fourth-order valence-corrected chi connectivity index (χ4v) is 0.846. The van der Waals surface area contributed by atoms with Gasteiger partial charge in [0.05, 0.1) is 0 Å². The molecule has 3 nitrogen and oxygen atoms in total. The third-order valence-electron chi connectivity index (χ3n) is 1.19. The average Bonchev–Trinajstić information content (AvgIpc) is 2.05. The van der Waals surface area contributed by atoms with E-state index in [-0.39, 0.29) is 5.76 Å². The van der Waals surface area contributed by atoms with Crippen molar-refractivity contribution < 1.29 is 9.53 Å². The van der Waals surface area contributed by atoms with Crippen LogP contribution in [-0.4, -0.2) is 11.5 Å². The molecule has 0 atom stereocenters. The van der Waals surface area contributed by atoms with Crippen molar-refractivity contribution in [2.45, 2.75) is 0 Å². The van der Waals surface area contributed by atoms with Gasteiger partial charge in [-0.3, -0.25) is 4.79 Å². The van der Waals surface area contributed by atoms with E-state index >= 15 is 0 Å². The number of ether oxygens (including phenoxy) is 1. The molecular weight excluding hydrogens is 178 g/mol. The smallest absolute Gasteiger partial charge is 0.298 e. The van der Waals surface area contributed by atoms with Gasteiger partial charge >= 0.3 is 0 Å². The summed E-state index contributed by atoms with van der Waals surface area (Å²) in [7, 11) is 0. The lowest BCUT2D eigenvalue weighted by molar-refractivity contribution is -0.122. The summed E-state index contributed by atoms with van der Waals surface area (Å²) in [5, 5.41) is 0.336. The molecule has 0 radical (unpaired) electrons. The molecule has 1 aromatic heterocycles. The maximum absolute atomic E-state index is 9.93. The second kappa shape index (κ2) is 3.88. The van der Waals surface area contributed by atoms with E-state index in [4.69, 9.17) is 11.6 Å². The van der Waals surface area contributed by atoms with Crippen LogP contribution in [-0.2, 0) is 9.53 Å². The molecule has 0 N–H and O–H groups in total. The molecule has 1 heterocycles. The zero-order valence-corrected chi connectivity index (χ0v) is 6.91. The van der Waals surface area contributed by atoms with Gasteiger partial charge in [-0.2, -0.15) is 0 Å². The molecule has 0 spiro atoms. The monoisotopic (exact) mass is 183 g/mol. The summed E-state index contributed by atoms with van der Waals surface area (Å²) >= 11 is 5.59. The van der Waals surface area contributed by atoms with Crippen LogP contribution in [0.4, 0.5) is 0 Å². The Hall–Kier alpha value is -1.35. The summed E-state index contributed by atoms with van der Waals surface area (Å²) in [5.41, 5.74) is 0.453. The maximum Gasteiger partial charge on any atom is 0.298 e. The summed E-state index contributed by atoms with van der Waals surface area (Å²) in [5.74, 6) is 0.188. The summed E-state index contributed by atoms with van der Waals surface area (Å²) < 4.78 is 4.49. The molecule has 0 fully saturated rings. The molecule has 12 heavy (non-hydrogen) atoms. The minimum atomic E-state index is 0.188. The molecular formula is C8H6ClNO2. The molecule has 0 aromatic carbocycles. The van der Waals surface area contributed by atoms with Crippen molar-refractivity contribution in [2.75, 3.05) is 0 Å². The predicted octanol–water partition coefficient (Wildman–Crippen LogP) is 1.88. The average molecular weight is 184 g/mol. The molecule has 0 aliphatic heterocycles. The Labute approximate surface area is 74.6 Å². The molecule has 0 amide bonds. The highest BCUT2D eigenvalue weighted by Gasteiger charge is 2.00. The lowest BCUT2D eigenvalue weighted by Gasteiger charge is -2.00. The lowest BCUT2D eigenvalue weighted by Crippen LogP contribution is -1.91. The minimum absolute atomic E-state index is 0.188. The van der Waals surface area contributed by atoms with E-state index in [1.165, 1.54) is 0 Å². The van der Waals surface area contributed by atoms with Crippen molar-refractivity contribution in [3.05, 3.63) is 35.6 Å². The molecule has 0 aliphatic carbocycles. The van der Waals surface area contributed by atoms with E-state index in [0.717, 1.165) is 0 Å². The third-order valence-corrected chi connectivity index (χ3v) is 1.40. The fraction of sp³-hybridized carbons (Fsp3) is 0. The number of nitrogens with zero attached hydrogens (tertiary/aromatic N) is 1. The number of halogens is 1. The molecule has 1 aromatic rings. The summed E-state index contributed by atoms with van der Waals surface area (Å²) in [6.07, 6.45) is 0. The van der Waals surface area contributed by atoms with Crippen LogP contribution in [0, 0.1) is 0 Å². The van der Waals surface area contributed by atoms with Gasteiger partial charge in [-0.25, -0.2) is 4.98 Å². The van der Waals surface area contributed by atoms with E-state index in [9.17, 15) is 4.79 Å². The Morgan fingerprint density at radius 2 is 2.42 bits per heavy atom. The number of pyridine rings is 1. The van der Waals surface area contributed by atoms with Crippen molar-refractivity contribution in [1.29, 1.82) is 0 Å². The summed E-state index contributed by atoms with van der Waals surface area (Å²) in [4.78, 5) is 13.8. The lowest BCUT2D eigenvalue weighted by atomic mass is 10.3.